The van der Waals surface area contributed by atoms with Gasteiger partial charge in [0, 0.05) is 11.5 Å². The van der Waals surface area contributed by atoms with E-state index in [1.807, 2.05) is 30.3 Å². The largest absolute Gasteiger partial charge is 0.459 e. The van der Waals surface area contributed by atoms with E-state index < -0.39 is 23.3 Å². The smallest absolute Gasteiger partial charge is 0.338 e. The van der Waals surface area contributed by atoms with Gasteiger partial charge < -0.3 is 9.84 Å². The van der Waals surface area contributed by atoms with Crippen LogP contribution in [-0.2, 0) is 16.1 Å². The van der Waals surface area contributed by atoms with Gasteiger partial charge in [0.1, 0.15) is 12.4 Å². The molecule has 0 aromatic heterocycles. The predicted molar refractivity (Wildman–Crippen MR) is 86.7 cm³/mol. The molecule has 2 atom stereocenters. The number of benzene rings is 2. The Bertz CT molecular complexity index is 686. The average molecular weight is 337 g/mol. The first-order chi connectivity index (χ1) is 10.8. The minimum atomic E-state index is -1.69. The van der Waals surface area contributed by atoms with E-state index in [1.54, 1.807) is 6.92 Å². The number of hydrogen-bond acceptors (Lipinski definition) is 3. The van der Waals surface area contributed by atoms with Crippen molar-refractivity contribution in [2.45, 2.75) is 32.0 Å². The molecular weight excluding hydrogens is 319 g/mol. The molecule has 0 aliphatic rings. The van der Waals surface area contributed by atoms with Crippen LogP contribution in [0.25, 0.3) is 0 Å². The van der Waals surface area contributed by atoms with E-state index in [4.69, 9.17) is 16.3 Å². The maximum atomic E-state index is 13.0. The van der Waals surface area contributed by atoms with Gasteiger partial charge in [-0.05, 0) is 24.6 Å². The van der Waals surface area contributed by atoms with Gasteiger partial charge in [-0.2, -0.15) is 0 Å². The first kappa shape index (κ1) is 17.4. The fourth-order valence-corrected chi connectivity index (χ4v) is 2.39. The molecule has 0 saturated heterocycles. The Kier molecular flexibility index (Phi) is 5.39. The molecule has 0 spiro atoms. The van der Waals surface area contributed by atoms with Crippen molar-refractivity contribution >= 4 is 17.6 Å². The summed E-state index contributed by atoms with van der Waals surface area (Å²) in [6, 6.07) is 13.0. The van der Waals surface area contributed by atoms with Crippen LogP contribution in [0.3, 0.4) is 0 Å². The maximum Gasteiger partial charge on any atom is 0.338 e. The zero-order chi connectivity index (χ0) is 17.0. The molecule has 0 saturated carbocycles. The van der Waals surface area contributed by atoms with Crippen molar-refractivity contribution < 1.29 is 19.0 Å². The summed E-state index contributed by atoms with van der Waals surface area (Å²) < 4.78 is 18.2. The lowest BCUT2D eigenvalue weighted by atomic mass is 9.85. The maximum absolute atomic E-state index is 13.0. The number of esters is 1. The quantitative estimate of drug-likeness (QED) is 0.837. The van der Waals surface area contributed by atoms with Gasteiger partial charge in [-0.3, -0.25) is 0 Å². The van der Waals surface area contributed by atoms with Gasteiger partial charge in [0.25, 0.3) is 0 Å². The van der Waals surface area contributed by atoms with Gasteiger partial charge >= 0.3 is 5.97 Å². The second-order valence-electron chi connectivity index (χ2n) is 5.59. The fraction of sp³-hybridized carbons (Fsp3) is 0.278. The van der Waals surface area contributed by atoms with E-state index in [1.165, 1.54) is 19.1 Å². The van der Waals surface area contributed by atoms with Gasteiger partial charge in [-0.1, -0.05) is 54.9 Å². The van der Waals surface area contributed by atoms with E-state index in [0.717, 1.165) is 11.6 Å². The molecule has 1 N–H and O–H groups in total. The summed E-state index contributed by atoms with van der Waals surface area (Å²) in [5.74, 6) is -1.66. The van der Waals surface area contributed by atoms with Crippen LogP contribution in [0, 0.1) is 5.82 Å². The normalized spacial score (nSPS) is 14.8. The zero-order valence-corrected chi connectivity index (χ0v) is 13.7. The molecule has 2 aromatic carbocycles. The topological polar surface area (TPSA) is 46.5 Å². The molecule has 122 valence electrons. The first-order valence-electron chi connectivity index (χ1n) is 7.21. The lowest BCUT2D eigenvalue weighted by molar-refractivity contribution is -0.167. The highest BCUT2D eigenvalue weighted by Gasteiger charge is 2.39. The van der Waals surface area contributed by atoms with Crippen LogP contribution in [-0.4, -0.2) is 16.7 Å². The molecule has 23 heavy (non-hydrogen) atoms. The van der Waals surface area contributed by atoms with Crippen molar-refractivity contribution in [3.05, 3.63) is 70.5 Å². The van der Waals surface area contributed by atoms with E-state index in [9.17, 15) is 14.3 Å². The third-order valence-corrected chi connectivity index (χ3v) is 4.28. The Labute approximate surface area is 139 Å². The highest BCUT2D eigenvalue weighted by atomic mass is 35.5. The minimum Gasteiger partial charge on any atom is -0.459 e. The Morgan fingerprint density at radius 1 is 1.30 bits per heavy atom. The molecule has 0 amide bonds. The summed E-state index contributed by atoms with van der Waals surface area (Å²) in [5.41, 5.74) is -0.382. The summed E-state index contributed by atoms with van der Waals surface area (Å²) in [4.78, 5) is 12.2. The van der Waals surface area contributed by atoms with Crippen molar-refractivity contribution in [1.82, 2.24) is 0 Å². The van der Waals surface area contributed by atoms with Crippen LogP contribution in [0.15, 0.2) is 48.5 Å². The molecule has 0 heterocycles. The summed E-state index contributed by atoms with van der Waals surface area (Å²) in [6.07, 6.45) is 0. The van der Waals surface area contributed by atoms with E-state index in [0.29, 0.717) is 5.56 Å². The van der Waals surface area contributed by atoms with Crippen LogP contribution in [0.4, 0.5) is 4.39 Å². The molecule has 0 radical (unpaired) electrons. The molecule has 2 aromatic rings. The zero-order valence-electron chi connectivity index (χ0n) is 12.9. The number of rotatable bonds is 5. The van der Waals surface area contributed by atoms with Crippen molar-refractivity contribution in [2.75, 3.05) is 0 Å². The van der Waals surface area contributed by atoms with Crippen molar-refractivity contribution in [2.24, 2.45) is 0 Å². The fourth-order valence-electron chi connectivity index (χ4n) is 2.17. The molecule has 2 rings (SSSR count). The van der Waals surface area contributed by atoms with E-state index >= 15 is 0 Å². The lowest BCUT2D eigenvalue weighted by Crippen LogP contribution is -2.41. The summed E-state index contributed by atoms with van der Waals surface area (Å²) >= 11 is 5.89. The number of halogens is 2. The summed E-state index contributed by atoms with van der Waals surface area (Å²) in [5, 5.41) is 10.7. The second kappa shape index (κ2) is 7.11. The number of carbonyl (C=O) groups excluding carboxylic acids is 1. The molecule has 0 aliphatic carbocycles. The highest BCUT2D eigenvalue weighted by molar-refractivity contribution is 6.31. The van der Waals surface area contributed by atoms with Gasteiger partial charge in [-0.25, -0.2) is 9.18 Å². The highest BCUT2D eigenvalue weighted by Crippen LogP contribution is 2.29. The molecule has 0 aliphatic heterocycles. The standard InChI is InChI=1S/C18H18ClFO3/c1-12(13-6-4-3-5-7-13)18(2,22)17(21)23-11-14-8-9-15(20)10-16(14)19/h3-10,12,22H,11H2,1-2H3/t12-,18-/m0/s1. The Morgan fingerprint density at radius 3 is 2.57 bits per heavy atom. The van der Waals surface area contributed by atoms with Crippen LogP contribution in [0.1, 0.15) is 30.9 Å². The molecule has 0 fully saturated rings. The van der Waals surface area contributed by atoms with Gasteiger partial charge in [-0.15, -0.1) is 0 Å². The van der Waals surface area contributed by atoms with Crippen LogP contribution in [0.2, 0.25) is 5.02 Å². The first-order valence-corrected chi connectivity index (χ1v) is 7.58. The average Bonchev–Trinajstić information content (AvgIpc) is 2.53. The Hall–Kier alpha value is -1.91. The number of carbonyl (C=O) groups is 1. The summed E-state index contributed by atoms with van der Waals surface area (Å²) in [7, 11) is 0. The molecule has 0 bridgehead atoms. The van der Waals surface area contributed by atoms with Crippen molar-refractivity contribution in [3.8, 4) is 0 Å². The SMILES string of the molecule is C[C@@H](c1ccccc1)[C@](C)(O)C(=O)OCc1ccc(F)cc1Cl. The number of hydrogen-bond donors (Lipinski definition) is 1. The minimum absolute atomic E-state index is 0.129. The predicted octanol–water partition coefficient (Wildman–Crippen LogP) is 4.08. The van der Waals surface area contributed by atoms with Gasteiger partial charge in [0.05, 0.1) is 5.02 Å². The lowest BCUT2D eigenvalue weighted by Gasteiger charge is -2.28. The molecule has 3 nitrogen and oxygen atoms in total. The third-order valence-electron chi connectivity index (χ3n) is 3.93. The van der Waals surface area contributed by atoms with Gasteiger partial charge in [0.15, 0.2) is 5.60 Å². The van der Waals surface area contributed by atoms with E-state index in [-0.39, 0.29) is 11.6 Å². The van der Waals surface area contributed by atoms with Crippen LogP contribution >= 0.6 is 11.6 Å². The van der Waals surface area contributed by atoms with Crippen molar-refractivity contribution in [3.63, 3.8) is 0 Å². The van der Waals surface area contributed by atoms with Crippen molar-refractivity contribution in [1.29, 1.82) is 0 Å². The molecule has 5 heteroatoms. The molecule has 0 unspecified atom stereocenters. The van der Waals surface area contributed by atoms with Crippen LogP contribution < -0.4 is 0 Å². The second-order valence-corrected chi connectivity index (χ2v) is 6.00. The summed E-state index contributed by atoms with van der Waals surface area (Å²) in [6.45, 7) is 3.04. The molecular formula is C18H18ClFO3. The van der Waals surface area contributed by atoms with Gasteiger partial charge in [0.2, 0.25) is 0 Å². The third kappa shape index (κ3) is 4.09. The van der Waals surface area contributed by atoms with Crippen LogP contribution in [0.5, 0.6) is 0 Å². The number of ether oxygens (including phenoxy) is 1. The Balaban J connectivity index is 2.06. The number of aliphatic hydroxyl groups is 1. The Morgan fingerprint density at radius 2 is 1.96 bits per heavy atom. The van der Waals surface area contributed by atoms with E-state index in [2.05, 4.69) is 0 Å². The monoisotopic (exact) mass is 336 g/mol.